The van der Waals surface area contributed by atoms with E-state index in [1.54, 1.807) is 20.8 Å². The second-order valence-electron chi connectivity index (χ2n) is 6.71. The summed E-state index contributed by atoms with van der Waals surface area (Å²) in [6.07, 6.45) is 7.39. The minimum Gasteiger partial charge on any atom is -0.432 e. The molecule has 0 amide bonds. The molecule has 0 aliphatic carbocycles. The fraction of sp³-hybridized carbons (Fsp3) is 1.00. The molecule has 6 heteroatoms. The van der Waals surface area contributed by atoms with Crippen LogP contribution < -0.4 is 0 Å². The second kappa shape index (κ2) is 19.8. The number of unbranched alkanes of at least 4 members (excludes halogenated alkanes) is 3. The van der Waals surface area contributed by atoms with Crippen molar-refractivity contribution in [3.63, 3.8) is 0 Å². The van der Waals surface area contributed by atoms with Crippen molar-refractivity contribution in [1.29, 1.82) is 0 Å². The Hall–Kier alpha value is 0.771. The van der Waals surface area contributed by atoms with Gasteiger partial charge in [0.25, 0.3) is 0 Å². The fourth-order valence-electron chi connectivity index (χ4n) is 1.89. The topological polar surface area (TPSA) is 103 Å². The Kier molecular flexibility index (Phi) is 30.8. The van der Waals surface area contributed by atoms with Gasteiger partial charge >= 0.3 is 0 Å². The van der Waals surface area contributed by atoms with Crippen molar-refractivity contribution in [3.05, 3.63) is 0 Å². The zero-order chi connectivity index (χ0) is 15.4. The summed E-state index contributed by atoms with van der Waals surface area (Å²) in [5.41, 5.74) is -0.500. The Balaban J connectivity index is -0.000000105. The number of rotatable bonds is 9. The predicted molar refractivity (Wildman–Crippen MR) is 96.3 cm³/mol. The van der Waals surface area contributed by atoms with Crippen molar-refractivity contribution in [3.8, 4) is 0 Å². The summed E-state index contributed by atoms with van der Waals surface area (Å²) in [5, 5.41) is 8.52. The van der Waals surface area contributed by atoms with E-state index < -0.39 is 13.9 Å². The van der Waals surface area contributed by atoms with Crippen molar-refractivity contribution in [2.24, 2.45) is 0 Å². The Morgan fingerprint density at radius 3 is 1.05 bits per heavy atom. The van der Waals surface area contributed by atoms with E-state index in [1.165, 1.54) is 38.5 Å². The zero-order valence-electron chi connectivity index (χ0n) is 15.8. The zero-order valence-corrected chi connectivity index (χ0v) is 18.3. The molecule has 0 unspecified atom stereocenters. The third-order valence-corrected chi connectivity index (χ3v) is 6.84. The molecule has 0 radical (unpaired) electrons. The molecule has 4 nitrogen and oxygen atoms in total. The van der Waals surface area contributed by atoms with Gasteiger partial charge in [0.05, 0.1) is 5.60 Å². The molecule has 22 heavy (non-hydrogen) atoms. The van der Waals surface area contributed by atoms with Gasteiger partial charge in [-0.3, -0.25) is 0 Å². The Morgan fingerprint density at radius 2 is 0.909 bits per heavy atom. The molecule has 0 saturated heterocycles. The Bertz CT molecular complexity index is 171. The molecule has 6 N–H and O–H groups in total. The second-order valence-corrected chi connectivity index (χ2v) is 10.7. The quantitative estimate of drug-likeness (QED) is 0.604. The summed E-state index contributed by atoms with van der Waals surface area (Å²) in [5.74, 6) is 0. The SMILES string of the molecule is CC(C)(C)O.CCCC[Si](O)(CCCC)CCCC.O.O.[Ti]. The van der Waals surface area contributed by atoms with Gasteiger partial charge in [-0.05, 0) is 38.9 Å². The van der Waals surface area contributed by atoms with Crippen molar-refractivity contribution in [2.75, 3.05) is 0 Å². The average molecular weight is 374 g/mol. The standard InChI is InChI=1S/C12H28OSi.C4H10O.2H2O.Ti/c1-4-7-10-14(13,11-8-5-2)12-9-6-3;1-4(2,3)5;;;/h13H,4-12H2,1-3H3;5H,1-3H3;2*1H2;. The van der Waals surface area contributed by atoms with E-state index in [4.69, 9.17) is 5.11 Å². The molecular weight excluding hydrogens is 332 g/mol. The summed E-state index contributed by atoms with van der Waals surface area (Å²) >= 11 is 0. The average Bonchev–Trinajstić information content (AvgIpc) is 2.30. The van der Waals surface area contributed by atoms with Gasteiger partial charge < -0.3 is 20.9 Å². The van der Waals surface area contributed by atoms with Gasteiger partial charge in [-0.2, -0.15) is 0 Å². The molecule has 138 valence electrons. The molecule has 0 aromatic heterocycles. The number of aliphatic hydroxyl groups is 1. The molecule has 0 spiro atoms. The van der Waals surface area contributed by atoms with Gasteiger partial charge in [-0.15, -0.1) is 0 Å². The maximum absolute atomic E-state index is 10.5. The molecule has 0 heterocycles. The van der Waals surface area contributed by atoms with E-state index in [-0.39, 0.29) is 32.7 Å². The first-order valence-corrected chi connectivity index (χ1v) is 10.7. The first kappa shape index (κ1) is 34.2. The monoisotopic (exact) mass is 374 g/mol. The molecule has 0 rings (SSSR count). The summed E-state index contributed by atoms with van der Waals surface area (Å²) in [7, 11) is -1.81. The molecular formula is C16H42O4SiTi. The van der Waals surface area contributed by atoms with Crippen LogP contribution in [0.15, 0.2) is 0 Å². The maximum Gasteiger partial charge on any atom is 0.188 e. The molecule has 0 aliphatic heterocycles. The molecule has 0 aliphatic rings. The summed E-state index contributed by atoms with van der Waals surface area (Å²) in [6, 6.07) is 3.43. The molecule has 0 bridgehead atoms. The van der Waals surface area contributed by atoms with Gasteiger partial charge in [0, 0.05) is 21.7 Å². The van der Waals surface area contributed by atoms with Crippen LogP contribution in [0.4, 0.5) is 0 Å². The van der Waals surface area contributed by atoms with Crippen molar-refractivity contribution in [2.45, 2.75) is 104 Å². The van der Waals surface area contributed by atoms with Gasteiger partial charge in [-0.1, -0.05) is 59.3 Å². The van der Waals surface area contributed by atoms with Crippen molar-refractivity contribution >= 4 is 8.32 Å². The maximum atomic E-state index is 10.5. The van der Waals surface area contributed by atoms with E-state index in [9.17, 15) is 4.80 Å². The summed E-state index contributed by atoms with van der Waals surface area (Å²) < 4.78 is 0. The van der Waals surface area contributed by atoms with E-state index in [2.05, 4.69) is 20.8 Å². The number of hydrogen-bond acceptors (Lipinski definition) is 2. The fourth-order valence-corrected chi connectivity index (χ4v) is 5.68. The third-order valence-electron chi connectivity index (χ3n) is 2.99. The van der Waals surface area contributed by atoms with Crippen LogP contribution >= 0.6 is 0 Å². The van der Waals surface area contributed by atoms with E-state index in [0.29, 0.717) is 0 Å². The van der Waals surface area contributed by atoms with Crippen LogP contribution in [0.1, 0.15) is 80.1 Å². The predicted octanol–water partition coefficient (Wildman–Crippen LogP) is 3.45. The summed E-state index contributed by atoms with van der Waals surface area (Å²) in [4.78, 5) is 10.5. The van der Waals surface area contributed by atoms with Gasteiger partial charge in [0.1, 0.15) is 0 Å². The van der Waals surface area contributed by atoms with Gasteiger partial charge in [0.2, 0.25) is 0 Å². The molecule has 0 atom stereocenters. The van der Waals surface area contributed by atoms with Crippen LogP contribution in [0.2, 0.25) is 18.1 Å². The number of hydrogen-bond donors (Lipinski definition) is 2. The molecule has 0 aromatic carbocycles. The molecule has 0 fully saturated rings. The Morgan fingerprint density at radius 1 is 0.727 bits per heavy atom. The van der Waals surface area contributed by atoms with Crippen molar-refractivity contribution in [1.82, 2.24) is 0 Å². The normalized spacial score (nSPS) is 10.4. The third kappa shape index (κ3) is 32.6. The Labute approximate surface area is 154 Å². The first-order valence-electron chi connectivity index (χ1n) is 8.13. The van der Waals surface area contributed by atoms with Crippen LogP contribution in [-0.4, -0.2) is 34.8 Å². The van der Waals surface area contributed by atoms with E-state index in [0.717, 1.165) is 18.1 Å². The summed E-state index contributed by atoms with van der Waals surface area (Å²) in [6.45, 7) is 11.9. The first-order chi connectivity index (χ1) is 8.68. The van der Waals surface area contributed by atoms with Crippen molar-refractivity contribution < 1.29 is 42.6 Å². The minimum atomic E-state index is -1.81. The van der Waals surface area contributed by atoms with Gasteiger partial charge in [-0.25, -0.2) is 0 Å². The molecule has 0 saturated carbocycles. The van der Waals surface area contributed by atoms with Crippen LogP contribution in [-0.2, 0) is 21.7 Å². The van der Waals surface area contributed by atoms with E-state index >= 15 is 0 Å². The van der Waals surface area contributed by atoms with Crippen LogP contribution in [0.3, 0.4) is 0 Å². The van der Waals surface area contributed by atoms with Crippen LogP contribution in [0, 0.1) is 0 Å². The molecule has 0 aromatic rings. The van der Waals surface area contributed by atoms with Crippen LogP contribution in [0.5, 0.6) is 0 Å². The smallest absolute Gasteiger partial charge is 0.188 e. The largest absolute Gasteiger partial charge is 0.432 e. The van der Waals surface area contributed by atoms with E-state index in [1.807, 2.05) is 0 Å². The van der Waals surface area contributed by atoms with Crippen LogP contribution in [0.25, 0.3) is 0 Å². The minimum absolute atomic E-state index is 0. The van der Waals surface area contributed by atoms with Gasteiger partial charge in [0.15, 0.2) is 8.32 Å².